The summed E-state index contributed by atoms with van der Waals surface area (Å²) < 4.78 is 18.1. The molecule has 9 heteroatoms. The standard InChI is InChI=1S/C38H43N3O6/c1-3-45-36(43)23-40-38(44)39-22-29-11-7-12-31(19-29)32-13-8-14-33(20-32)37-46-34(25-41(2)24-27-9-5-4-6-10-27)21-35(47-37)30-17-15-28(26-42)16-18-30/h4-20,34-35,37,42H,3,21-26H2,1-2H3,(H2,39,40,44). The number of aliphatic hydroxyl groups excluding tert-OH is 1. The average Bonchev–Trinajstić information content (AvgIpc) is 3.10. The molecule has 0 radical (unpaired) electrons. The van der Waals surface area contributed by atoms with Gasteiger partial charge in [0.2, 0.25) is 0 Å². The van der Waals surface area contributed by atoms with E-state index in [2.05, 4.69) is 52.9 Å². The van der Waals surface area contributed by atoms with Crippen molar-refractivity contribution in [1.82, 2.24) is 15.5 Å². The average molecular weight is 638 g/mol. The summed E-state index contributed by atoms with van der Waals surface area (Å²) in [5.74, 6) is -0.480. The molecule has 1 fully saturated rings. The minimum atomic E-state index is -0.575. The second kappa shape index (κ2) is 16.9. The van der Waals surface area contributed by atoms with E-state index in [-0.39, 0.29) is 32.0 Å². The summed E-state index contributed by atoms with van der Waals surface area (Å²) in [7, 11) is 2.11. The van der Waals surface area contributed by atoms with Crippen LogP contribution in [0.1, 0.15) is 53.6 Å². The Bertz CT molecular complexity index is 1600. The van der Waals surface area contributed by atoms with Gasteiger partial charge in [-0.3, -0.25) is 9.69 Å². The predicted octanol–water partition coefficient (Wildman–Crippen LogP) is 5.89. The van der Waals surface area contributed by atoms with Crippen molar-refractivity contribution in [2.45, 2.75) is 51.5 Å². The Hall–Kier alpha value is -4.54. The molecule has 3 N–H and O–H groups in total. The zero-order valence-corrected chi connectivity index (χ0v) is 26.9. The van der Waals surface area contributed by atoms with Gasteiger partial charge in [-0.15, -0.1) is 0 Å². The molecule has 1 heterocycles. The summed E-state index contributed by atoms with van der Waals surface area (Å²) in [6, 6.07) is 34.0. The highest BCUT2D eigenvalue weighted by atomic mass is 16.7. The van der Waals surface area contributed by atoms with Crippen LogP contribution in [0.3, 0.4) is 0 Å². The normalized spacial score (nSPS) is 17.7. The van der Waals surface area contributed by atoms with Crippen molar-refractivity contribution in [2.75, 3.05) is 26.7 Å². The third kappa shape index (κ3) is 9.97. The fourth-order valence-corrected chi connectivity index (χ4v) is 5.68. The molecule has 0 saturated carbocycles. The molecule has 9 nitrogen and oxygen atoms in total. The van der Waals surface area contributed by atoms with Gasteiger partial charge in [0.15, 0.2) is 6.29 Å². The zero-order chi connectivity index (χ0) is 33.0. The number of likely N-dealkylation sites (N-methyl/N-ethyl adjacent to an activating group) is 1. The minimum absolute atomic E-state index is 0.00280. The second-order valence-electron chi connectivity index (χ2n) is 11.7. The fraction of sp³-hybridized carbons (Fsp3) is 0.316. The molecule has 246 valence electrons. The van der Waals surface area contributed by atoms with Gasteiger partial charge in [0.1, 0.15) is 6.54 Å². The first kappa shape index (κ1) is 33.8. The molecule has 3 atom stereocenters. The molecule has 3 unspecified atom stereocenters. The largest absolute Gasteiger partial charge is 0.465 e. The lowest BCUT2D eigenvalue weighted by atomic mass is 9.98. The molecule has 4 aromatic carbocycles. The van der Waals surface area contributed by atoms with Crippen LogP contribution >= 0.6 is 0 Å². The molecule has 4 aromatic rings. The molecular formula is C38H43N3O6. The van der Waals surface area contributed by atoms with E-state index >= 15 is 0 Å². The Labute approximate surface area is 276 Å². The summed E-state index contributed by atoms with van der Waals surface area (Å²) in [5.41, 5.74) is 6.97. The highest BCUT2D eigenvalue weighted by Crippen LogP contribution is 2.39. The third-order valence-electron chi connectivity index (χ3n) is 8.00. The maximum atomic E-state index is 12.2. The van der Waals surface area contributed by atoms with E-state index in [0.717, 1.165) is 46.5 Å². The molecule has 1 aliphatic heterocycles. The van der Waals surface area contributed by atoms with Crippen LogP contribution in [0.4, 0.5) is 4.79 Å². The smallest absolute Gasteiger partial charge is 0.325 e. The molecule has 0 aromatic heterocycles. The topological polar surface area (TPSA) is 109 Å². The van der Waals surface area contributed by atoms with E-state index in [1.807, 2.05) is 72.8 Å². The third-order valence-corrected chi connectivity index (χ3v) is 8.00. The van der Waals surface area contributed by atoms with Crippen molar-refractivity contribution >= 4 is 12.0 Å². The Morgan fingerprint density at radius 1 is 0.830 bits per heavy atom. The van der Waals surface area contributed by atoms with E-state index < -0.39 is 18.3 Å². The number of aliphatic hydroxyl groups is 1. The first-order valence-electron chi connectivity index (χ1n) is 16.0. The summed E-state index contributed by atoms with van der Waals surface area (Å²) in [5, 5.41) is 14.8. The van der Waals surface area contributed by atoms with Crippen LogP contribution in [0.25, 0.3) is 11.1 Å². The van der Waals surface area contributed by atoms with Crippen LogP contribution in [-0.2, 0) is 38.7 Å². The number of hydrogen-bond donors (Lipinski definition) is 3. The first-order chi connectivity index (χ1) is 22.9. The lowest BCUT2D eigenvalue weighted by Gasteiger charge is -2.38. The van der Waals surface area contributed by atoms with Crippen molar-refractivity contribution in [3.63, 3.8) is 0 Å². The van der Waals surface area contributed by atoms with E-state index in [9.17, 15) is 14.7 Å². The number of nitrogens with one attached hydrogen (secondary N) is 2. The van der Waals surface area contributed by atoms with Crippen LogP contribution in [0.15, 0.2) is 103 Å². The Morgan fingerprint density at radius 2 is 1.55 bits per heavy atom. The number of amides is 2. The Kier molecular flexibility index (Phi) is 12.1. The molecular weight excluding hydrogens is 594 g/mol. The number of benzene rings is 4. The molecule has 0 bridgehead atoms. The second-order valence-corrected chi connectivity index (χ2v) is 11.7. The van der Waals surface area contributed by atoms with Crippen LogP contribution < -0.4 is 10.6 Å². The van der Waals surface area contributed by atoms with E-state index in [0.29, 0.717) is 13.0 Å². The summed E-state index contributed by atoms with van der Waals surface area (Å²) in [6.45, 7) is 3.65. The molecule has 47 heavy (non-hydrogen) atoms. The monoisotopic (exact) mass is 637 g/mol. The lowest BCUT2D eigenvalue weighted by Crippen LogP contribution is -2.38. The minimum Gasteiger partial charge on any atom is -0.465 e. The first-order valence-corrected chi connectivity index (χ1v) is 16.0. The van der Waals surface area contributed by atoms with Crippen LogP contribution in [0, 0.1) is 0 Å². The number of ether oxygens (including phenoxy) is 3. The van der Waals surface area contributed by atoms with Gasteiger partial charge in [-0.2, -0.15) is 0 Å². The van der Waals surface area contributed by atoms with Crippen molar-refractivity contribution in [3.05, 3.63) is 131 Å². The van der Waals surface area contributed by atoms with Crippen LogP contribution in [-0.4, -0.2) is 54.9 Å². The number of hydrogen-bond acceptors (Lipinski definition) is 7. The van der Waals surface area contributed by atoms with Gasteiger partial charge < -0.3 is 30.0 Å². The number of rotatable bonds is 13. The number of carbonyl (C=O) groups excluding carboxylic acids is 2. The Balaban J connectivity index is 1.29. The summed E-state index contributed by atoms with van der Waals surface area (Å²) in [6.07, 6.45) is -0.118. The fourth-order valence-electron chi connectivity index (χ4n) is 5.68. The van der Waals surface area contributed by atoms with Gasteiger partial charge in [-0.1, -0.05) is 91.0 Å². The predicted molar refractivity (Wildman–Crippen MR) is 180 cm³/mol. The summed E-state index contributed by atoms with van der Waals surface area (Å²) in [4.78, 5) is 26.0. The molecule has 1 aliphatic rings. The van der Waals surface area contributed by atoms with Gasteiger partial charge in [-0.25, -0.2) is 4.79 Å². The van der Waals surface area contributed by atoms with Crippen LogP contribution in [0.2, 0.25) is 0 Å². The van der Waals surface area contributed by atoms with Crippen LogP contribution in [0.5, 0.6) is 0 Å². The van der Waals surface area contributed by atoms with Crippen molar-refractivity contribution in [2.24, 2.45) is 0 Å². The number of esters is 1. The Morgan fingerprint density at radius 3 is 2.30 bits per heavy atom. The maximum Gasteiger partial charge on any atom is 0.325 e. The van der Waals surface area contributed by atoms with E-state index in [1.165, 1.54) is 5.56 Å². The highest BCUT2D eigenvalue weighted by molar-refractivity contribution is 5.80. The number of urea groups is 1. The number of nitrogens with zero attached hydrogens (tertiary/aromatic N) is 1. The summed E-state index contributed by atoms with van der Waals surface area (Å²) >= 11 is 0. The molecule has 5 rings (SSSR count). The van der Waals surface area contributed by atoms with E-state index in [1.54, 1.807) is 6.92 Å². The van der Waals surface area contributed by atoms with Crippen molar-refractivity contribution < 1.29 is 28.9 Å². The van der Waals surface area contributed by atoms with Gasteiger partial charge in [0.05, 0.1) is 25.4 Å². The quantitative estimate of drug-likeness (QED) is 0.157. The van der Waals surface area contributed by atoms with Gasteiger partial charge >= 0.3 is 12.0 Å². The van der Waals surface area contributed by atoms with Crippen molar-refractivity contribution in [1.29, 1.82) is 0 Å². The SMILES string of the molecule is CCOC(=O)CNC(=O)NCc1cccc(-c2cccc(C3OC(CN(C)Cc4ccccc4)CC(c4ccc(CO)cc4)O3)c2)c1. The van der Waals surface area contributed by atoms with Gasteiger partial charge in [0, 0.05) is 31.6 Å². The molecule has 0 spiro atoms. The number of carbonyl (C=O) groups is 2. The van der Waals surface area contributed by atoms with Crippen molar-refractivity contribution in [3.8, 4) is 11.1 Å². The highest BCUT2D eigenvalue weighted by Gasteiger charge is 2.33. The molecule has 1 saturated heterocycles. The maximum absolute atomic E-state index is 12.2. The van der Waals surface area contributed by atoms with Gasteiger partial charge in [0.25, 0.3) is 0 Å². The zero-order valence-electron chi connectivity index (χ0n) is 26.9. The molecule has 0 aliphatic carbocycles. The molecule has 2 amide bonds. The van der Waals surface area contributed by atoms with E-state index in [4.69, 9.17) is 14.2 Å². The lowest BCUT2D eigenvalue weighted by molar-refractivity contribution is -0.252. The van der Waals surface area contributed by atoms with Gasteiger partial charge in [-0.05, 0) is 59.5 Å².